The molecular weight excluding hydrogens is 366 g/mol. The third kappa shape index (κ3) is 6.02. The number of sulfone groups is 1. The standard InChI is InChI=1S/C20H31NO5S/c1-19(2,3)16-4-6-17(7-5-16)27(24,25)13-8-18(23)21-14-20(15-22)9-11-26-12-10-20/h4-7,22H,8-15H2,1-3H3,(H,21,23). The second kappa shape index (κ2) is 8.71. The minimum atomic E-state index is -3.51. The number of rotatable bonds is 7. The molecule has 0 saturated carbocycles. The number of hydrogen-bond acceptors (Lipinski definition) is 5. The highest BCUT2D eigenvalue weighted by Crippen LogP contribution is 2.29. The summed E-state index contributed by atoms with van der Waals surface area (Å²) in [6, 6.07) is 6.86. The first kappa shape index (κ1) is 21.9. The lowest BCUT2D eigenvalue weighted by molar-refractivity contribution is -0.122. The molecule has 27 heavy (non-hydrogen) atoms. The smallest absolute Gasteiger partial charge is 0.221 e. The third-order valence-corrected chi connectivity index (χ3v) is 6.96. The summed E-state index contributed by atoms with van der Waals surface area (Å²) >= 11 is 0. The summed E-state index contributed by atoms with van der Waals surface area (Å²) in [7, 11) is -3.51. The first-order valence-corrected chi connectivity index (χ1v) is 11.0. The quantitative estimate of drug-likeness (QED) is 0.735. The van der Waals surface area contributed by atoms with Crippen LogP contribution in [0.3, 0.4) is 0 Å². The number of nitrogens with one attached hydrogen (secondary N) is 1. The molecule has 1 amide bonds. The van der Waals surface area contributed by atoms with Crippen LogP contribution in [-0.2, 0) is 24.8 Å². The molecule has 0 aliphatic carbocycles. The van der Waals surface area contributed by atoms with E-state index in [2.05, 4.69) is 26.1 Å². The molecule has 1 aromatic rings. The fourth-order valence-corrected chi connectivity index (χ4v) is 4.32. The maximum absolute atomic E-state index is 12.5. The van der Waals surface area contributed by atoms with E-state index in [9.17, 15) is 18.3 Å². The van der Waals surface area contributed by atoms with Gasteiger partial charge in [-0.3, -0.25) is 4.79 Å². The summed E-state index contributed by atoms with van der Waals surface area (Å²) in [4.78, 5) is 12.4. The number of aliphatic hydroxyl groups excluding tert-OH is 1. The number of aliphatic hydroxyl groups is 1. The van der Waals surface area contributed by atoms with E-state index in [1.54, 1.807) is 12.1 Å². The molecule has 1 aromatic carbocycles. The van der Waals surface area contributed by atoms with Gasteiger partial charge in [0, 0.05) is 31.6 Å². The van der Waals surface area contributed by atoms with Gasteiger partial charge in [0.05, 0.1) is 17.3 Å². The summed E-state index contributed by atoms with van der Waals surface area (Å²) in [5.74, 6) is -0.549. The van der Waals surface area contributed by atoms with Gasteiger partial charge in [-0.15, -0.1) is 0 Å². The average molecular weight is 398 g/mol. The molecule has 0 atom stereocenters. The topological polar surface area (TPSA) is 92.7 Å². The van der Waals surface area contributed by atoms with Crippen LogP contribution in [0.5, 0.6) is 0 Å². The van der Waals surface area contributed by atoms with Crippen molar-refractivity contribution in [2.75, 3.05) is 32.1 Å². The highest BCUT2D eigenvalue weighted by atomic mass is 32.2. The van der Waals surface area contributed by atoms with Crippen molar-refractivity contribution in [1.29, 1.82) is 0 Å². The molecule has 2 N–H and O–H groups in total. The fourth-order valence-electron chi connectivity index (χ4n) is 3.08. The van der Waals surface area contributed by atoms with E-state index in [0.29, 0.717) is 32.6 Å². The summed E-state index contributed by atoms with van der Waals surface area (Å²) in [5.41, 5.74) is 0.648. The Hall–Kier alpha value is -1.44. The summed E-state index contributed by atoms with van der Waals surface area (Å²) < 4.78 is 30.3. The summed E-state index contributed by atoms with van der Waals surface area (Å²) in [6.07, 6.45) is 1.27. The Labute approximate surface area is 162 Å². The minimum absolute atomic E-state index is 0.0188. The predicted octanol–water partition coefficient (Wildman–Crippen LogP) is 2.05. The Morgan fingerprint density at radius 1 is 1.19 bits per heavy atom. The lowest BCUT2D eigenvalue weighted by atomic mass is 9.81. The van der Waals surface area contributed by atoms with E-state index in [0.717, 1.165) is 5.56 Å². The molecule has 1 aliphatic heterocycles. The van der Waals surface area contributed by atoms with Crippen molar-refractivity contribution in [3.8, 4) is 0 Å². The van der Waals surface area contributed by atoms with Gasteiger partial charge in [-0.05, 0) is 36.0 Å². The molecule has 0 bridgehead atoms. The second-order valence-corrected chi connectivity index (χ2v) is 10.5. The monoisotopic (exact) mass is 397 g/mol. The fraction of sp³-hybridized carbons (Fsp3) is 0.650. The molecule has 1 saturated heterocycles. The van der Waals surface area contributed by atoms with E-state index in [-0.39, 0.29) is 40.4 Å². The molecule has 0 unspecified atom stereocenters. The molecule has 7 heteroatoms. The Balaban J connectivity index is 1.89. The maximum atomic E-state index is 12.5. The molecule has 6 nitrogen and oxygen atoms in total. The Morgan fingerprint density at radius 3 is 2.30 bits per heavy atom. The van der Waals surface area contributed by atoms with E-state index in [4.69, 9.17) is 4.74 Å². The number of benzene rings is 1. The van der Waals surface area contributed by atoms with Crippen LogP contribution in [0.25, 0.3) is 0 Å². The third-order valence-electron chi connectivity index (χ3n) is 5.23. The second-order valence-electron chi connectivity index (χ2n) is 8.39. The van der Waals surface area contributed by atoms with Crippen molar-refractivity contribution in [3.63, 3.8) is 0 Å². The van der Waals surface area contributed by atoms with Crippen molar-refractivity contribution in [1.82, 2.24) is 5.32 Å². The van der Waals surface area contributed by atoms with Crippen LogP contribution in [-0.4, -0.2) is 51.5 Å². The summed E-state index contributed by atoms with van der Waals surface area (Å²) in [5, 5.41) is 12.4. The first-order valence-electron chi connectivity index (χ1n) is 9.37. The number of ether oxygens (including phenoxy) is 1. The van der Waals surface area contributed by atoms with Gasteiger partial charge in [-0.25, -0.2) is 8.42 Å². The van der Waals surface area contributed by atoms with Crippen LogP contribution in [0, 0.1) is 5.41 Å². The van der Waals surface area contributed by atoms with Crippen LogP contribution < -0.4 is 5.32 Å². The van der Waals surface area contributed by atoms with Crippen molar-refractivity contribution in [2.45, 2.75) is 50.3 Å². The van der Waals surface area contributed by atoms with E-state index < -0.39 is 9.84 Å². The SMILES string of the molecule is CC(C)(C)c1ccc(S(=O)(=O)CCC(=O)NCC2(CO)CCOCC2)cc1. The minimum Gasteiger partial charge on any atom is -0.396 e. The van der Waals surface area contributed by atoms with Gasteiger partial charge >= 0.3 is 0 Å². The maximum Gasteiger partial charge on any atom is 0.221 e. The van der Waals surface area contributed by atoms with Gasteiger partial charge < -0.3 is 15.2 Å². The normalized spacial score (nSPS) is 17.5. The molecule has 2 rings (SSSR count). The van der Waals surface area contributed by atoms with Gasteiger partial charge in [0.25, 0.3) is 0 Å². The molecule has 0 spiro atoms. The van der Waals surface area contributed by atoms with Crippen molar-refractivity contribution < 1.29 is 23.1 Å². The molecule has 152 valence electrons. The first-order chi connectivity index (χ1) is 12.6. The number of carbonyl (C=O) groups excluding carboxylic acids is 1. The zero-order chi connectivity index (χ0) is 20.1. The van der Waals surface area contributed by atoms with Gasteiger partial charge in [0.1, 0.15) is 0 Å². The number of hydrogen-bond donors (Lipinski definition) is 2. The van der Waals surface area contributed by atoms with Gasteiger partial charge in [0.2, 0.25) is 5.91 Å². The highest BCUT2D eigenvalue weighted by Gasteiger charge is 2.32. The largest absolute Gasteiger partial charge is 0.396 e. The molecule has 0 aromatic heterocycles. The Kier molecular flexibility index (Phi) is 7.05. The van der Waals surface area contributed by atoms with Gasteiger partial charge in [-0.1, -0.05) is 32.9 Å². The number of amides is 1. The molecule has 1 aliphatic rings. The Morgan fingerprint density at radius 2 is 1.78 bits per heavy atom. The van der Waals surface area contributed by atoms with E-state index in [1.807, 2.05) is 12.1 Å². The van der Waals surface area contributed by atoms with Crippen LogP contribution in [0.15, 0.2) is 29.2 Å². The average Bonchev–Trinajstić information content (AvgIpc) is 2.65. The van der Waals surface area contributed by atoms with E-state index >= 15 is 0 Å². The number of carbonyl (C=O) groups is 1. The van der Waals surface area contributed by atoms with Crippen LogP contribution >= 0.6 is 0 Å². The van der Waals surface area contributed by atoms with E-state index in [1.165, 1.54) is 0 Å². The summed E-state index contributed by atoms with van der Waals surface area (Å²) in [6.45, 7) is 7.65. The zero-order valence-corrected chi connectivity index (χ0v) is 17.3. The lowest BCUT2D eigenvalue weighted by Crippen LogP contribution is -2.44. The molecule has 1 fully saturated rings. The van der Waals surface area contributed by atoms with Crippen molar-refractivity contribution in [2.24, 2.45) is 5.41 Å². The highest BCUT2D eigenvalue weighted by molar-refractivity contribution is 7.91. The molecule has 1 heterocycles. The zero-order valence-electron chi connectivity index (χ0n) is 16.5. The molecule has 0 radical (unpaired) electrons. The predicted molar refractivity (Wildman–Crippen MR) is 104 cm³/mol. The van der Waals surface area contributed by atoms with Crippen LogP contribution in [0.1, 0.15) is 45.6 Å². The van der Waals surface area contributed by atoms with Crippen molar-refractivity contribution in [3.05, 3.63) is 29.8 Å². The Bertz CT molecular complexity index is 729. The lowest BCUT2D eigenvalue weighted by Gasteiger charge is -2.35. The van der Waals surface area contributed by atoms with Crippen LogP contribution in [0.2, 0.25) is 0 Å². The van der Waals surface area contributed by atoms with Crippen molar-refractivity contribution >= 4 is 15.7 Å². The van der Waals surface area contributed by atoms with Crippen LogP contribution in [0.4, 0.5) is 0 Å². The van der Waals surface area contributed by atoms with Gasteiger partial charge in [0.15, 0.2) is 9.84 Å². The molecular formula is C20H31NO5S. The van der Waals surface area contributed by atoms with Gasteiger partial charge in [-0.2, -0.15) is 0 Å².